The number of hydrogen-bond acceptors (Lipinski definition) is 2. The summed E-state index contributed by atoms with van der Waals surface area (Å²) in [6, 6.07) is 10.5. The van der Waals surface area contributed by atoms with Crippen molar-refractivity contribution in [3.8, 4) is 11.3 Å². The van der Waals surface area contributed by atoms with Crippen LogP contribution < -0.4 is 0 Å². The van der Waals surface area contributed by atoms with E-state index in [4.69, 9.17) is 4.42 Å². The molecule has 0 amide bonds. The van der Waals surface area contributed by atoms with Crippen LogP contribution in [-0.2, 0) is 13.1 Å². The summed E-state index contributed by atoms with van der Waals surface area (Å²) in [5.74, 6) is 0.951. The van der Waals surface area contributed by atoms with E-state index in [1.807, 2.05) is 12.1 Å². The Balaban J connectivity index is 2.04. The highest BCUT2D eigenvalue weighted by atomic mass is 16.3. The maximum atomic E-state index is 5.39. The Morgan fingerprint density at radius 2 is 2.00 bits per heavy atom. The maximum Gasteiger partial charge on any atom is 0.133 e. The van der Waals surface area contributed by atoms with Crippen molar-refractivity contribution in [2.75, 3.05) is 7.05 Å². The Hall–Kier alpha value is -1.54. The Kier molecular flexibility index (Phi) is 1.89. The van der Waals surface area contributed by atoms with Crippen LogP contribution in [0.15, 0.2) is 41.0 Å². The second-order valence-electron chi connectivity index (χ2n) is 4.13. The molecule has 0 saturated heterocycles. The summed E-state index contributed by atoms with van der Waals surface area (Å²) in [6.45, 7) is 2.11. The molecule has 0 unspecified atom stereocenters. The lowest BCUT2D eigenvalue weighted by Crippen LogP contribution is -2.07. The fourth-order valence-corrected chi connectivity index (χ4v) is 2.16. The molecule has 0 N–H and O–H groups in total. The van der Waals surface area contributed by atoms with Crippen LogP contribution >= 0.6 is 0 Å². The van der Waals surface area contributed by atoms with Gasteiger partial charge in [0.15, 0.2) is 0 Å². The van der Waals surface area contributed by atoms with Gasteiger partial charge in [-0.05, 0) is 36.4 Å². The molecule has 0 bridgehead atoms. The summed E-state index contributed by atoms with van der Waals surface area (Å²) in [5.41, 5.74) is 4.04. The number of nitrogens with zero attached hydrogens (tertiary/aromatic N) is 1. The van der Waals surface area contributed by atoms with Crippen molar-refractivity contribution < 1.29 is 4.42 Å². The molecule has 1 aromatic carbocycles. The van der Waals surface area contributed by atoms with Crippen LogP contribution in [0.4, 0.5) is 0 Å². The van der Waals surface area contributed by atoms with E-state index in [0.717, 1.165) is 18.8 Å². The van der Waals surface area contributed by atoms with Crippen molar-refractivity contribution in [2.24, 2.45) is 0 Å². The van der Waals surface area contributed by atoms with Gasteiger partial charge in [-0.1, -0.05) is 12.1 Å². The van der Waals surface area contributed by atoms with E-state index in [2.05, 4.69) is 30.1 Å². The molecule has 15 heavy (non-hydrogen) atoms. The molecule has 2 aromatic rings. The molecule has 3 rings (SSSR count). The van der Waals surface area contributed by atoms with Crippen LogP contribution in [-0.4, -0.2) is 11.9 Å². The third kappa shape index (κ3) is 1.47. The molecule has 0 saturated carbocycles. The first-order valence-corrected chi connectivity index (χ1v) is 5.17. The summed E-state index contributed by atoms with van der Waals surface area (Å²) < 4.78 is 5.39. The Morgan fingerprint density at radius 1 is 1.13 bits per heavy atom. The second-order valence-corrected chi connectivity index (χ2v) is 4.13. The summed E-state index contributed by atoms with van der Waals surface area (Å²) >= 11 is 0. The fourth-order valence-electron chi connectivity index (χ4n) is 2.16. The minimum Gasteiger partial charge on any atom is -0.464 e. The standard InChI is InChI=1S/C13H13NO/c1-14-8-11-5-4-10(7-12(11)9-14)13-3-2-6-15-13/h2-7H,8-9H2,1H3. The highest BCUT2D eigenvalue weighted by Crippen LogP contribution is 2.27. The monoisotopic (exact) mass is 199 g/mol. The highest BCUT2D eigenvalue weighted by Gasteiger charge is 2.16. The average molecular weight is 199 g/mol. The number of rotatable bonds is 1. The van der Waals surface area contributed by atoms with Crippen molar-refractivity contribution >= 4 is 0 Å². The smallest absolute Gasteiger partial charge is 0.133 e. The van der Waals surface area contributed by atoms with E-state index >= 15 is 0 Å². The zero-order valence-corrected chi connectivity index (χ0v) is 8.73. The highest BCUT2D eigenvalue weighted by molar-refractivity contribution is 5.59. The topological polar surface area (TPSA) is 16.4 Å². The van der Waals surface area contributed by atoms with E-state index in [0.29, 0.717) is 0 Å². The Morgan fingerprint density at radius 3 is 2.80 bits per heavy atom. The summed E-state index contributed by atoms with van der Waals surface area (Å²) in [4.78, 5) is 2.32. The predicted molar refractivity (Wildman–Crippen MR) is 59.3 cm³/mol. The molecule has 2 heterocycles. The molecule has 0 atom stereocenters. The van der Waals surface area contributed by atoms with Gasteiger partial charge in [0.25, 0.3) is 0 Å². The molecular weight excluding hydrogens is 186 g/mol. The normalized spacial score (nSPS) is 15.5. The molecule has 0 radical (unpaired) electrons. The third-order valence-electron chi connectivity index (χ3n) is 2.89. The molecular formula is C13H13NO. The maximum absolute atomic E-state index is 5.39. The fraction of sp³-hybridized carbons (Fsp3) is 0.231. The van der Waals surface area contributed by atoms with Crippen molar-refractivity contribution in [2.45, 2.75) is 13.1 Å². The van der Waals surface area contributed by atoms with E-state index < -0.39 is 0 Å². The van der Waals surface area contributed by atoms with Gasteiger partial charge in [0.2, 0.25) is 0 Å². The van der Waals surface area contributed by atoms with Crippen molar-refractivity contribution in [1.29, 1.82) is 0 Å². The average Bonchev–Trinajstić information content (AvgIpc) is 2.82. The van der Waals surface area contributed by atoms with Crippen LogP contribution in [0.25, 0.3) is 11.3 Å². The van der Waals surface area contributed by atoms with E-state index in [1.54, 1.807) is 6.26 Å². The lowest BCUT2D eigenvalue weighted by atomic mass is 10.1. The number of furan rings is 1. The summed E-state index contributed by atoms with van der Waals surface area (Å²) in [6.07, 6.45) is 1.72. The molecule has 0 aliphatic carbocycles. The third-order valence-corrected chi connectivity index (χ3v) is 2.89. The van der Waals surface area contributed by atoms with E-state index in [-0.39, 0.29) is 0 Å². The second kappa shape index (κ2) is 3.24. The molecule has 2 nitrogen and oxygen atoms in total. The Labute approximate surface area is 89.1 Å². The van der Waals surface area contributed by atoms with Gasteiger partial charge in [0, 0.05) is 18.7 Å². The van der Waals surface area contributed by atoms with Crippen molar-refractivity contribution in [3.63, 3.8) is 0 Å². The Bertz CT molecular complexity index is 473. The molecule has 2 heteroatoms. The molecule has 0 spiro atoms. The zero-order valence-electron chi connectivity index (χ0n) is 8.73. The summed E-state index contributed by atoms with van der Waals surface area (Å²) in [5, 5.41) is 0. The van der Waals surface area contributed by atoms with Gasteiger partial charge in [-0.25, -0.2) is 0 Å². The lowest BCUT2D eigenvalue weighted by Gasteiger charge is -2.02. The van der Waals surface area contributed by atoms with Crippen LogP contribution in [0.2, 0.25) is 0 Å². The minimum atomic E-state index is 0.951. The van der Waals surface area contributed by atoms with Gasteiger partial charge < -0.3 is 4.42 Å². The molecule has 76 valence electrons. The minimum absolute atomic E-state index is 0.951. The predicted octanol–water partition coefficient (Wildman–Crippen LogP) is 2.89. The first-order valence-electron chi connectivity index (χ1n) is 5.17. The molecule has 0 fully saturated rings. The quantitative estimate of drug-likeness (QED) is 0.702. The van der Waals surface area contributed by atoms with E-state index in [9.17, 15) is 0 Å². The summed E-state index contributed by atoms with van der Waals surface area (Å²) in [7, 11) is 2.15. The van der Waals surface area contributed by atoms with Gasteiger partial charge in [-0.3, -0.25) is 4.90 Å². The molecule has 1 aromatic heterocycles. The zero-order chi connectivity index (χ0) is 10.3. The van der Waals surface area contributed by atoms with Gasteiger partial charge in [-0.2, -0.15) is 0 Å². The van der Waals surface area contributed by atoms with Crippen molar-refractivity contribution in [1.82, 2.24) is 4.90 Å². The SMILES string of the molecule is CN1Cc2ccc(-c3ccco3)cc2C1. The number of benzene rings is 1. The van der Waals surface area contributed by atoms with Crippen LogP contribution in [0.5, 0.6) is 0 Å². The number of hydrogen-bond donors (Lipinski definition) is 0. The first kappa shape index (κ1) is 8.74. The lowest BCUT2D eigenvalue weighted by molar-refractivity contribution is 0.353. The van der Waals surface area contributed by atoms with Crippen molar-refractivity contribution in [3.05, 3.63) is 47.7 Å². The van der Waals surface area contributed by atoms with Gasteiger partial charge in [-0.15, -0.1) is 0 Å². The van der Waals surface area contributed by atoms with Crippen LogP contribution in [0.3, 0.4) is 0 Å². The first-order chi connectivity index (χ1) is 7.33. The van der Waals surface area contributed by atoms with Crippen LogP contribution in [0.1, 0.15) is 11.1 Å². The van der Waals surface area contributed by atoms with Gasteiger partial charge >= 0.3 is 0 Å². The van der Waals surface area contributed by atoms with E-state index in [1.165, 1.54) is 16.7 Å². The molecule has 1 aliphatic rings. The largest absolute Gasteiger partial charge is 0.464 e. The van der Waals surface area contributed by atoms with Crippen LogP contribution in [0, 0.1) is 0 Å². The molecule has 1 aliphatic heterocycles. The van der Waals surface area contributed by atoms with Gasteiger partial charge in [0.1, 0.15) is 5.76 Å². The number of fused-ring (bicyclic) bond motifs is 1. The van der Waals surface area contributed by atoms with Gasteiger partial charge in [0.05, 0.1) is 6.26 Å².